The number of pyridine rings is 1. The average molecular weight is 792 g/mol. The number of anilines is 1. The van der Waals surface area contributed by atoms with Crippen LogP contribution in [0.25, 0.3) is 22.3 Å². The molecule has 1 amide bonds. The van der Waals surface area contributed by atoms with Crippen molar-refractivity contribution in [3.8, 4) is 33.8 Å². The summed E-state index contributed by atoms with van der Waals surface area (Å²) in [5, 5.41) is 7.18. The Morgan fingerprint density at radius 2 is 1.78 bits per heavy atom. The molecule has 0 spiro atoms. The Kier molecular flexibility index (Phi) is 12.2. The van der Waals surface area contributed by atoms with E-state index in [4.69, 9.17) is 21.1 Å². The lowest BCUT2D eigenvalue weighted by atomic mass is 9.91. The normalized spacial score (nSPS) is 13.9. The zero-order valence-corrected chi connectivity index (χ0v) is 33.0. The third-order valence-electron chi connectivity index (χ3n) is 9.10. The lowest BCUT2D eigenvalue weighted by molar-refractivity contribution is 0.0180. The van der Waals surface area contributed by atoms with Gasteiger partial charge >= 0.3 is 6.09 Å². The van der Waals surface area contributed by atoms with Gasteiger partial charge in [-0.3, -0.25) is 9.71 Å². The number of unbranched alkanes of at least 4 members (excludes halogenated alkanes) is 1. The maximum Gasteiger partial charge on any atom is 0.410 e. The fourth-order valence-corrected chi connectivity index (χ4v) is 8.45. The van der Waals surface area contributed by atoms with Crippen molar-refractivity contribution in [1.29, 1.82) is 0 Å². The average Bonchev–Trinajstić information content (AvgIpc) is 3.63. The second-order valence-electron chi connectivity index (χ2n) is 14.4. The first-order valence-electron chi connectivity index (χ1n) is 17.8. The minimum Gasteiger partial charge on any atom is -0.455 e. The first-order chi connectivity index (χ1) is 25.7. The SMILES string of the molecule is Cc1cccc(-c2ccc(Oc3cc(F)c(S(=O)(=O)Nc4nncs4)cc3Cl)c(-c3ccnc(CCCCC4CCN(C(=O)OC(C)(C)C)CC4)c3)c2)c1. The molecule has 0 bridgehead atoms. The minimum absolute atomic E-state index is 0.00155. The molecule has 284 valence electrons. The van der Waals surface area contributed by atoms with Crippen molar-refractivity contribution >= 4 is 44.2 Å². The molecule has 0 saturated carbocycles. The number of halogens is 2. The predicted octanol–water partition coefficient (Wildman–Crippen LogP) is 10.3. The quantitative estimate of drug-likeness (QED) is 0.124. The molecule has 1 aliphatic heterocycles. The van der Waals surface area contributed by atoms with Crippen LogP contribution in [0.3, 0.4) is 0 Å². The minimum atomic E-state index is -4.33. The summed E-state index contributed by atoms with van der Waals surface area (Å²) < 4.78 is 55.3. The number of carbonyl (C=O) groups excluding carboxylic acids is 1. The molecule has 5 aromatic rings. The number of sulfonamides is 1. The number of carbonyl (C=O) groups is 1. The zero-order chi connectivity index (χ0) is 38.5. The summed E-state index contributed by atoms with van der Waals surface area (Å²) in [5.41, 5.74) is 6.48. The number of aryl methyl sites for hydroxylation is 2. The lowest BCUT2D eigenvalue weighted by Gasteiger charge is -2.33. The second kappa shape index (κ2) is 16.8. The Labute approximate surface area is 324 Å². The summed E-state index contributed by atoms with van der Waals surface area (Å²) in [5.74, 6) is -0.0986. The fourth-order valence-electron chi connectivity index (χ4n) is 6.40. The van der Waals surface area contributed by atoms with E-state index in [9.17, 15) is 13.2 Å². The van der Waals surface area contributed by atoms with Crippen LogP contribution >= 0.6 is 22.9 Å². The van der Waals surface area contributed by atoms with E-state index in [0.29, 0.717) is 11.7 Å². The summed E-state index contributed by atoms with van der Waals surface area (Å²) in [6.07, 6.45) is 7.38. The van der Waals surface area contributed by atoms with E-state index < -0.39 is 26.3 Å². The molecule has 1 N–H and O–H groups in total. The molecule has 10 nitrogen and oxygen atoms in total. The van der Waals surface area contributed by atoms with Crippen LogP contribution in [0.5, 0.6) is 11.5 Å². The van der Waals surface area contributed by atoms with Gasteiger partial charge in [0.1, 0.15) is 33.3 Å². The van der Waals surface area contributed by atoms with E-state index in [1.165, 1.54) is 5.51 Å². The summed E-state index contributed by atoms with van der Waals surface area (Å²) in [6, 6.07) is 19.8. The molecule has 1 saturated heterocycles. The number of nitrogens with zero attached hydrogens (tertiary/aromatic N) is 4. The van der Waals surface area contributed by atoms with Gasteiger partial charge in [0.2, 0.25) is 5.13 Å². The summed E-state index contributed by atoms with van der Waals surface area (Å²) >= 11 is 7.50. The van der Waals surface area contributed by atoms with E-state index in [1.54, 1.807) is 12.3 Å². The molecule has 0 aliphatic carbocycles. The number of aromatic nitrogens is 3. The molecule has 3 heterocycles. The Bertz CT molecular complexity index is 2200. The summed E-state index contributed by atoms with van der Waals surface area (Å²) in [7, 11) is -4.33. The number of amides is 1. The van der Waals surface area contributed by atoms with Gasteiger partial charge in [0.25, 0.3) is 10.0 Å². The molecule has 1 fully saturated rings. The van der Waals surface area contributed by atoms with Crippen molar-refractivity contribution in [2.45, 2.75) is 76.7 Å². The van der Waals surface area contributed by atoms with E-state index in [-0.39, 0.29) is 22.0 Å². The largest absolute Gasteiger partial charge is 0.455 e. The van der Waals surface area contributed by atoms with Gasteiger partial charge in [0.15, 0.2) is 0 Å². The van der Waals surface area contributed by atoms with Gasteiger partial charge < -0.3 is 14.4 Å². The van der Waals surface area contributed by atoms with Crippen LogP contribution in [0.2, 0.25) is 5.02 Å². The van der Waals surface area contributed by atoms with E-state index in [1.807, 2.05) is 75.1 Å². The highest BCUT2D eigenvalue weighted by molar-refractivity contribution is 7.93. The van der Waals surface area contributed by atoms with Gasteiger partial charge in [-0.25, -0.2) is 17.6 Å². The number of hydrogen-bond acceptors (Lipinski definition) is 9. The van der Waals surface area contributed by atoms with Crippen molar-refractivity contribution in [1.82, 2.24) is 20.1 Å². The molecule has 14 heteroatoms. The molecular weight excluding hydrogens is 749 g/mol. The second-order valence-corrected chi connectivity index (χ2v) is 17.3. The molecular formula is C40H43ClFN5O5S2. The molecule has 54 heavy (non-hydrogen) atoms. The van der Waals surface area contributed by atoms with Crippen LogP contribution in [0.1, 0.15) is 64.1 Å². The molecule has 3 aromatic carbocycles. The number of ether oxygens (including phenoxy) is 2. The van der Waals surface area contributed by atoms with Crippen LogP contribution < -0.4 is 9.46 Å². The lowest BCUT2D eigenvalue weighted by Crippen LogP contribution is -2.41. The number of hydrogen-bond donors (Lipinski definition) is 1. The number of nitrogens with one attached hydrogen (secondary N) is 1. The van der Waals surface area contributed by atoms with Gasteiger partial charge in [-0.15, -0.1) is 10.2 Å². The number of rotatable bonds is 12. The van der Waals surface area contributed by atoms with E-state index in [0.717, 1.165) is 109 Å². The number of likely N-dealkylation sites (tertiary alicyclic amines) is 1. The van der Waals surface area contributed by atoms with Crippen LogP contribution in [0, 0.1) is 18.7 Å². The Morgan fingerprint density at radius 1 is 1.00 bits per heavy atom. The molecule has 0 radical (unpaired) electrons. The highest BCUT2D eigenvalue weighted by Gasteiger charge is 2.27. The van der Waals surface area contributed by atoms with Gasteiger partial charge in [-0.2, -0.15) is 0 Å². The van der Waals surface area contributed by atoms with Crippen molar-refractivity contribution < 1.29 is 27.1 Å². The highest BCUT2D eigenvalue weighted by atomic mass is 35.5. The smallest absolute Gasteiger partial charge is 0.410 e. The Morgan fingerprint density at radius 3 is 2.50 bits per heavy atom. The molecule has 6 rings (SSSR count). The topological polar surface area (TPSA) is 124 Å². The van der Waals surface area contributed by atoms with Crippen LogP contribution in [-0.2, 0) is 21.2 Å². The first-order valence-corrected chi connectivity index (χ1v) is 20.6. The van der Waals surface area contributed by atoms with Gasteiger partial charge in [-0.1, -0.05) is 71.7 Å². The Balaban J connectivity index is 1.17. The molecule has 1 aliphatic rings. The van der Waals surface area contributed by atoms with Crippen LogP contribution in [0.4, 0.5) is 14.3 Å². The third-order valence-corrected chi connectivity index (χ3v) is 11.5. The van der Waals surface area contributed by atoms with Crippen molar-refractivity contribution in [2.75, 3.05) is 17.8 Å². The van der Waals surface area contributed by atoms with Crippen LogP contribution in [-0.4, -0.2) is 53.3 Å². The summed E-state index contributed by atoms with van der Waals surface area (Å²) in [4.78, 5) is 18.3. The first kappa shape index (κ1) is 39.1. The van der Waals surface area contributed by atoms with Gasteiger partial charge in [0.05, 0.1) is 5.02 Å². The zero-order valence-electron chi connectivity index (χ0n) is 30.6. The highest BCUT2D eigenvalue weighted by Crippen LogP contribution is 2.40. The van der Waals surface area contributed by atoms with E-state index in [2.05, 4.69) is 26.0 Å². The fraction of sp³-hybridized carbons (Fsp3) is 0.350. The van der Waals surface area contributed by atoms with Crippen molar-refractivity contribution in [3.05, 3.63) is 101 Å². The number of benzene rings is 3. The molecule has 2 aromatic heterocycles. The van der Waals surface area contributed by atoms with Gasteiger partial charge in [-0.05, 0) is 106 Å². The van der Waals surface area contributed by atoms with Crippen LogP contribution in [0.15, 0.2) is 83.3 Å². The van der Waals surface area contributed by atoms with Gasteiger partial charge in [0, 0.05) is 36.6 Å². The summed E-state index contributed by atoms with van der Waals surface area (Å²) in [6.45, 7) is 9.13. The predicted molar refractivity (Wildman–Crippen MR) is 210 cm³/mol. The standard InChI is InChI=1S/C40H43ClFN5O5S2/c1-26-8-7-10-28(20-26)29-12-13-35(51-36-24-34(42)37(23-33(36)41)54(49,50)46-38-45-44-25-53-38)32(22-29)30-14-17-43-31(21-30)11-6-5-9-27-15-18-47(19-16-27)39(48)52-40(2,3)4/h7-8,10,12-14,17,20-25,27H,5-6,9,11,15-16,18-19H2,1-4H3,(H,45,46). The maximum absolute atomic E-state index is 15.4. The van der Waals surface area contributed by atoms with Crippen molar-refractivity contribution in [3.63, 3.8) is 0 Å². The van der Waals surface area contributed by atoms with E-state index >= 15 is 4.39 Å². The third kappa shape index (κ3) is 10.1. The Hall–Kier alpha value is -4.59. The van der Waals surface area contributed by atoms with Crippen molar-refractivity contribution in [2.24, 2.45) is 5.92 Å². The number of piperidine rings is 1. The molecule has 0 atom stereocenters. The maximum atomic E-state index is 15.4. The monoisotopic (exact) mass is 791 g/mol. The molecule has 0 unspecified atom stereocenters.